The standard InChI is InChI=1S/C18H22N2O6S/c1-18(23,12-21)11-19-17(22)13-4-3-5-16(10-13)27(24,25)20-14-6-8-15(26-2)9-7-14/h3-10,20-21,23H,11-12H2,1-2H3,(H,19,22)/t18-/m1/s1. The van der Waals surface area contributed by atoms with Gasteiger partial charge in [-0.3, -0.25) is 9.52 Å². The van der Waals surface area contributed by atoms with E-state index in [0.29, 0.717) is 11.4 Å². The number of nitrogens with one attached hydrogen (secondary N) is 2. The van der Waals surface area contributed by atoms with Gasteiger partial charge in [-0.1, -0.05) is 6.07 Å². The van der Waals surface area contributed by atoms with Crippen LogP contribution in [0.4, 0.5) is 5.69 Å². The van der Waals surface area contributed by atoms with Gasteiger partial charge in [-0.15, -0.1) is 0 Å². The molecular weight excluding hydrogens is 372 g/mol. The second-order valence-electron chi connectivity index (χ2n) is 6.20. The van der Waals surface area contributed by atoms with Crippen molar-refractivity contribution in [3.8, 4) is 5.75 Å². The average Bonchev–Trinajstić information content (AvgIpc) is 2.66. The van der Waals surface area contributed by atoms with Gasteiger partial charge >= 0.3 is 0 Å². The quantitative estimate of drug-likeness (QED) is 0.529. The van der Waals surface area contributed by atoms with Gasteiger partial charge in [-0.05, 0) is 49.4 Å². The lowest BCUT2D eigenvalue weighted by Crippen LogP contribution is -2.43. The number of rotatable bonds is 8. The Morgan fingerprint density at radius 2 is 1.85 bits per heavy atom. The molecule has 0 fully saturated rings. The summed E-state index contributed by atoms with van der Waals surface area (Å²) in [5.74, 6) is 0.0283. The van der Waals surface area contributed by atoms with E-state index in [1.54, 1.807) is 24.3 Å². The van der Waals surface area contributed by atoms with E-state index in [-0.39, 0.29) is 17.0 Å². The summed E-state index contributed by atoms with van der Waals surface area (Å²) in [5.41, 5.74) is -0.999. The molecule has 0 aliphatic rings. The number of aliphatic hydroxyl groups is 2. The highest BCUT2D eigenvalue weighted by Crippen LogP contribution is 2.20. The van der Waals surface area contributed by atoms with Gasteiger partial charge in [0, 0.05) is 17.8 Å². The Bertz CT molecular complexity index is 894. The monoisotopic (exact) mass is 394 g/mol. The first-order valence-electron chi connectivity index (χ1n) is 8.05. The maximum Gasteiger partial charge on any atom is 0.261 e. The van der Waals surface area contributed by atoms with E-state index < -0.39 is 28.1 Å². The van der Waals surface area contributed by atoms with Gasteiger partial charge in [0.05, 0.1) is 18.6 Å². The second-order valence-corrected chi connectivity index (χ2v) is 7.88. The Morgan fingerprint density at radius 1 is 1.19 bits per heavy atom. The molecule has 0 spiro atoms. The highest BCUT2D eigenvalue weighted by atomic mass is 32.2. The molecule has 2 rings (SSSR count). The van der Waals surface area contributed by atoms with Crippen molar-refractivity contribution in [2.24, 2.45) is 0 Å². The number of carbonyl (C=O) groups is 1. The summed E-state index contributed by atoms with van der Waals surface area (Å²) in [6, 6.07) is 11.9. The molecule has 2 aromatic carbocycles. The minimum atomic E-state index is -3.90. The van der Waals surface area contributed by atoms with Gasteiger partial charge in [0.15, 0.2) is 0 Å². The number of hydrogen-bond acceptors (Lipinski definition) is 6. The third-order valence-corrected chi connectivity index (χ3v) is 5.10. The first-order chi connectivity index (χ1) is 12.7. The fraction of sp³-hybridized carbons (Fsp3) is 0.278. The van der Waals surface area contributed by atoms with Crippen molar-refractivity contribution in [2.75, 3.05) is 25.0 Å². The molecule has 1 atom stereocenters. The summed E-state index contributed by atoms with van der Waals surface area (Å²) in [6.07, 6.45) is 0. The van der Waals surface area contributed by atoms with Crippen molar-refractivity contribution in [1.82, 2.24) is 5.32 Å². The fourth-order valence-electron chi connectivity index (χ4n) is 2.11. The van der Waals surface area contributed by atoms with E-state index in [9.17, 15) is 18.3 Å². The van der Waals surface area contributed by atoms with E-state index in [4.69, 9.17) is 9.84 Å². The third kappa shape index (κ3) is 5.68. The minimum Gasteiger partial charge on any atom is -0.497 e. The van der Waals surface area contributed by atoms with Crippen LogP contribution in [-0.2, 0) is 10.0 Å². The van der Waals surface area contributed by atoms with E-state index in [1.165, 1.54) is 38.3 Å². The second kappa shape index (κ2) is 8.38. The molecule has 0 saturated heterocycles. The van der Waals surface area contributed by atoms with Gasteiger partial charge < -0.3 is 20.3 Å². The number of methoxy groups -OCH3 is 1. The predicted molar refractivity (Wildman–Crippen MR) is 100 cm³/mol. The van der Waals surface area contributed by atoms with E-state index in [2.05, 4.69) is 10.0 Å². The summed E-state index contributed by atoms with van der Waals surface area (Å²) >= 11 is 0. The van der Waals surface area contributed by atoms with Crippen LogP contribution in [0, 0.1) is 0 Å². The Hall–Kier alpha value is -2.62. The smallest absolute Gasteiger partial charge is 0.261 e. The van der Waals surface area contributed by atoms with Crippen molar-refractivity contribution >= 4 is 21.6 Å². The van der Waals surface area contributed by atoms with Crippen LogP contribution in [0.2, 0.25) is 0 Å². The van der Waals surface area contributed by atoms with E-state index >= 15 is 0 Å². The van der Waals surface area contributed by atoms with Crippen molar-refractivity contribution in [3.63, 3.8) is 0 Å². The number of aliphatic hydroxyl groups excluding tert-OH is 1. The summed E-state index contributed by atoms with van der Waals surface area (Å²) in [6.45, 7) is 0.670. The van der Waals surface area contributed by atoms with Crippen LogP contribution in [0.3, 0.4) is 0 Å². The summed E-state index contributed by atoms with van der Waals surface area (Å²) in [7, 11) is -2.39. The van der Waals surface area contributed by atoms with Crippen LogP contribution in [0.5, 0.6) is 5.75 Å². The molecular formula is C18H22N2O6S. The maximum atomic E-state index is 12.5. The van der Waals surface area contributed by atoms with Crippen LogP contribution in [0.15, 0.2) is 53.4 Å². The Balaban J connectivity index is 2.15. The van der Waals surface area contributed by atoms with E-state index in [0.717, 1.165) is 0 Å². The number of hydrogen-bond donors (Lipinski definition) is 4. The van der Waals surface area contributed by atoms with Gasteiger partial charge in [-0.25, -0.2) is 8.42 Å². The minimum absolute atomic E-state index is 0.0834. The number of ether oxygens (including phenoxy) is 1. The van der Waals surface area contributed by atoms with E-state index in [1.807, 2.05) is 0 Å². The van der Waals surface area contributed by atoms with Crippen LogP contribution in [-0.4, -0.2) is 50.4 Å². The van der Waals surface area contributed by atoms with Crippen LogP contribution in [0.25, 0.3) is 0 Å². The molecule has 0 heterocycles. The first kappa shape index (κ1) is 20.7. The highest BCUT2D eigenvalue weighted by molar-refractivity contribution is 7.92. The summed E-state index contributed by atoms with van der Waals surface area (Å²) < 4.78 is 32.5. The maximum absolute atomic E-state index is 12.5. The molecule has 0 saturated carbocycles. The molecule has 9 heteroatoms. The fourth-order valence-corrected chi connectivity index (χ4v) is 3.21. The largest absolute Gasteiger partial charge is 0.497 e. The number of amides is 1. The lowest BCUT2D eigenvalue weighted by Gasteiger charge is -2.20. The van der Waals surface area contributed by atoms with Crippen molar-refractivity contribution < 1.29 is 28.2 Å². The zero-order chi connectivity index (χ0) is 20.1. The Labute approximate surface area is 157 Å². The molecule has 8 nitrogen and oxygen atoms in total. The molecule has 146 valence electrons. The molecule has 2 aromatic rings. The number of carbonyl (C=O) groups excluding carboxylic acids is 1. The molecule has 0 unspecified atom stereocenters. The predicted octanol–water partition coefficient (Wildman–Crippen LogP) is 0.969. The average molecular weight is 394 g/mol. The van der Waals surface area contributed by atoms with Gasteiger partial charge in [0.2, 0.25) is 0 Å². The molecule has 0 aliphatic heterocycles. The normalized spacial score (nSPS) is 13.5. The van der Waals surface area contributed by atoms with Crippen LogP contribution >= 0.6 is 0 Å². The Kier molecular flexibility index (Phi) is 6.42. The van der Waals surface area contributed by atoms with Crippen LogP contribution in [0.1, 0.15) is 17.3 Å². The zero-order valence-corrected chi connectivity index (χ0v) is 15.8. The highest BCUT2D eigenvalue weighted by Gasteiger charge is 2.21. The number of benzene rings is 2. The first-order valence-corrected chi connectivity index (χ1v) is 9.53. The molecule has 0 aliphatic carbocycles. The summed E-state index contributed by atoms with van der Waals surface area (Å²) in [4.78, 5) is 12.1. The lowest BCUT2D eigenvalue weighted by molar-refractivity contribution is 0.00320. The molecule has 27 heavy (non-hydrogen) atoms. The zero-order valence-electron chi connectivity index (χ0n) is 15.0. The summed E-state index contributed by atoms with van der Waals surface area (Å²) in [5, 5.41) is 21.2. The van der Waals surface area contributed by atoms with Gasteiger partial charge in [0.1, 0.15) is 11.4 Å². The molecule has 1 amide bonds. The lowest BCUT2D eigenvalue weighted by atomic mass is 10.1. The SMILES string of the molecule is COc1ccc(NS(=O)(=O)c2cccc(C(=O)NC[C@@](C)(O)CO)c2)cc1. The number of anilines is 1. The molecule has 0 aromatic heterocycles. The molecule has 0 radical (unpaired) electrons. The van der Waals surface area contributed by atoms with Gasteiger partial charge in [0.25, 0.3) is 15.9 Å². The number of sulfonamides is 1. The van der Waals surface area contributed by atoms with Crippen LogP contribution < -0.4 is 14.8 Å². The molecule has 4 N–H and O–H groups in total. The topological polar surface area (TPSA) is 125 Å². The van der Waals surface area contributed by atoms with Crippen molar-refractivity contribution in [2.45, 2.75) is 17.4 Å². The molecule has 0 bridgehead atoms. The van der Waals surface area contributed by atoms with Crippen molar-refractivity contribution in [1.29, 1.82) is 0 Å². The van der Waals surface area contributed by atoms with Gasteiger partial charge in [-0.2, -0.15) is 0 Å². The van der Waals surface area contributed by atoms with Crippen molar-refractivity contribution in [3.05, 3.63) is 54.1 Å². The Morgan fingerprint density at radius 3 is 2.44 bits per heavy atom. The third-order valence-electron chi connectivity index (χ3n) is 3.72.